The molecule has 40 heavy (non-hydrogen) atoms. The van der Waals surface area contributed by atoms with E-state index in [-0.39, 0.29) is 12.2 Å². The number of allylic oxidation sites excluding steroid dienone is 2. The first-order valence-electron chi connectivity index (χ1n) is 12.1. The third kappa shape index (κ3) is 6.56. The minimum atomic E-state index is -5.08. The molecule has 1 aliphatic heterocycles. The van der Waals surface area contributed by atoms with E-state index >= 15 is 0 Å². The van der Waals surface area contributed by atoms with E-state index in [2.05, 4.69) is 10.2 Å². The first-order valence-corrected chi connectivity index (χ1v) is 12.1. The molecule has 0 aliphatic carbocycles. The number of carboxylic acids is 1. The van der Waals surface area contributed by atoms with E-state index in [0.717, 1.165) is 36.3 Å². The Morgan fingerprint density at radius 3 is 2.33 bits per heavy atom. The number of imidazole rings is 1. The fourth-order valence-electron chi connectivity index (χ4n) is 4.05. The fraction of sp³-hybridized carbons (Fsp3) is 0.417. The van der Waals surface area contributed by atoms with Crippen LogP contribution in [0.5, 0.6) is 0 Å². The summed E-state index contributed by atoms with van der Waals surface area (Å²) in [5.74, 6) is -2.12. The van der Waals surface area contributed by atoms with Crippen LogP contribution in [0.4, 0.5) is 24.8 Å². The molecule has 2 N–H and O–H groups in total. The SMILES string of the molecule is CC(C)=CCn1c(N2CCNCC2)nc2c1c(=O)n(Cc1ccccc1[N+](=O)[O-])c(=O)n2C.O=C(O)C(F)(F)F. The van der Waals surface area contributed by atoms with Crippen LogP contribution in [0.1, 0.15) is 19.4 Å². The molecule has 1 aromatic carbocycles. The number of nitro groups is 1. The zero-order chi connectivity index (χ0) is 29.8. The Kier molecular flexibility index (Phi) is 9.13. The molecule has 216 valence electrons. The number of piperazine rings is 1. The van der Waals surface area contributed by atoms with E-state index in [0.29, 0.717) is 29.2 Å². The molecule has 1 aliphatic rings. The van der Waals surface area contributed by atoms with Gasteiger partial charge in [-0.15, -0.1) is 0 Å². The van der Waals surface area contributed by atoms with Crippen LogP contribution in [0.15, 0.2) is 45.5 Å². The first-order chi connectivity index (χ1) is 18.7. The molecule has 1 fully saturated rings. The predicted octanol–water partition coefficient (Wildman–Crippen LogP) is 1.86. The van der Waals surface area contributed by atoms with Crippen molar-refractivity contribution >= 4 is 28.8 Å². The summed E-state index contributed by atoms with van der Waals surface area (Å²) in [5.41, 5.74) is 0.783. The molecule has 16 heteroatoms. The lowest BCUT2D eigenvalue weighted by Crippen LogP contribution is -2.44. The highest BCUT2D eigenvalue weighted by Gasteiger charge is 2.38. The topological polar surface area (TPSA) is 158 Å². The van der Waals surface area contributed by atoms with E-state index in [1.807, 2.05) is 24.5 Å². The molecule has 0 atom stereocenters. The van der Waals surface area contributed by atoms with Crippen molar-refractivity contribution in [3.05, 3.63) is 72.4 Å². The van der Waals surface area contributed by atoms with Crippen LogP contribution in [0.2, 0.25) is 0 Å². The van der Waals surface area contributed by atoms with E-state index < -0.39 is 28.3 Å². The molecule has 0 spiro atoms. The first kappa shape index (κ1) is 30.1. The number of carbonyl (C=O) groups is 1. The number of aromatic nitrogens is 4. The monoisotopic (exact) mass is 567 g/mol. The number of para-hydroxylation sites is 1. The summed E-state index contributed by atoms with van der Waals surface area (Å²) >= 11 is 0. The van der Waals surface area contributed by atoms with Crippen molar-refractivity contribution in [2.45, 2.75) is 33.1 Å². The van der Waals surface area contributed by atoms with Gasteiger partial charge in [-0.2, -0.15) is 18.2 Å². The van der Waals surface area contributed by atoms with Crippen molar-refractivity contribution < 1.29 is 28.0 Å². The van der Waals surface area contributed by atoms with Crippen LogP contribution >= 0.6 is 0 Å². The van der Waals surface area contributed by atoms with Crippen LogP contribution in [0.3, 0.4) is 0 Å². The number of nitrogens with one attached hydrogen (secondary N) is 1. The largest absolute Gasteiger partial charge is 0.490 e. The lowest BCUT2D eigenvalue weighted by Gasteiger charge is -2.28. The molecular formula is C24H28F3N7O6. The number of rotatable bonds is 6. The average Bonchev–Trinajstić information content (AvgIpc) is 3.29. The van der Waals surface area contributed by atoms with Crippen LogP contribution < -0.4 is 21.5 Å². The normalized spacial score (nSPS) is 13.5. The molecule has 4 rings (SSSR count). The Balaban J connectivity index is 0.000000559. The van der Waals surface area contributed by atoms with Gasteiger partial charge in [-0.3, -0.25) is 24.0 Å². The molecule has 2 aromatic heterocycles. The molecule has 0 amide bonds. The number of fused-ring (bicyclic) bond motifs is 1. The number of hydrogen-bond acceptors (Lipinski definition) is 8. The van der Waals surface area contributed by atoms with Gasteiger partial charge in [-0.1, -0.05) is 29.8 Å². The number of anilines is 1. The van der Waals surface area contributed by atoms with Crippen LogP contribution in [-0.4, -0.2) is 67.0 Å². The van der Waals surface area contributed by atoms with E-state index in [9.17, 15) is 32.9 Å². The van der Waals surface area contributed by atoms with Gasteiger partial charge in [-0.25, -0.2) is 9.59 Å². The minimum Gasteiger partial charge on any atom is -0.475 e. The Morgan fingerprint density at radius 2 is 1.77 bits per heavy atom. The van der Waals surface area contributed by atoms with E-state index in [1.54, 1.807) is 25.2 Å². The number of halogens is 3. The number of hydrogen-bond donors (Lipinski definition) is 2. The van der Waals surface area contributed by atoms with Gasteiger partial charge in [0.15, 0.2) is 11.2 Å². The number of nitrogens with zero attached hydrogens (tertiary/aromatic N) is 6. The fourth-order valence-corrected chi connectivity index (χ4v) is 4.05. The summed E-state index contributed by atoms with van der Waals surface area (Å²) < 4.78 is 36.0. The average molecular weight is 568 g/mol. The number of benzene rings is 1. The van der Waals surface area contributed by atoms with Crippen molar-refractivity contribution in [3.8, 4) is 0 Å². The van der Waals surface area contributed by atoms with Crippen LogP contribution in [0.25, 0.3) is 11.2 Å². The van der Waals surface area contributed by atoms with Gasteiger partial charge in [0.1, 0.15) is 0 Å². The van der Waals surface area contributed by atoms with E-state index in [1.165, 1.54) is 10.6 Å². The van der Waals surface area contributed by atoms with Crippen molar-refractivity contribution in [1.29, 1.82) is 0 Å². The maximum atomic E-state index is 13.6. The van der Waals surface area contributed by atoms with Gasteiger partial charge in [0.05, 0.1) is 11.5 Å². The highest BCUT2D eigenvalue weighted by atomic mass is 19.4. The molecular weight excluding hydrogens is 539 g/mol. The van der Waals surface area contributed by atoms with Gasteiger partial charge in [-0.05, 0) is 13.8 Å². The van der Waals surface area contributed by atoms with Crippen molar-refractivity contribution in [2.24, 2.45) is 7.05 Å². The maximum Gasteiger partial charge on any atom is 0.490 e. The molecule has 0 bridgehead atoms. The number of nitro benzene ring substituents is 1. The third-order valence-corrected chi connectivity index (χ3v) is 6.05. The second-order valence-electron chi connectivity index (χ2n) is 9.13. The minimum absolute atomic E-state index is 0.133. The van der Waals surface area contributed by atoms with Gasteiger partial charge in [0.25, 0.3) is 11.2 Å². The Morgan fingerprint density at radius 1 is 1.18 bits per heavy atom. The molecule has 3 heterocycles. The molecule has 0 unspecified atom stereocenters. The summed E-state index contributed by atoms with van der Waals surface area (Å²) in [7, 11) is 1.57. The Hall–Kier alpha value is -4.47. The molecule has 13 nitrogen and oxygen atoms in total. The van der Waals surface area contributed by atoms with Gasteiger partial charge < -0.3 is 19.9 Å². The summed E-state index contributed by atoms with van der Waals surface area (Å²) in [5, 5.41) is 21.9. The lowest BCUT2D eigenvalue weighted by molar-refractivity contribution is -0.385. The summed E-state index contributed by atoms with van der Waals surface area (Å²) in [4.78, 5) is 53.4. The smallest absolute Gasteiger partial charge is 0.475 e. The van der Waals surface area contributed by atoms with Crippen LogP contribution in [-0.2, 0) is 24.9 Å². The van der Waals surface area contributed by atoms with Gasteiger partial charge in [0.2, 0.25) is 5.95 Å². The number of aliphatic carboxylic acids is 1. The molecule has 0 saturated carbocycles. The Labute approximate surface area is 224 Å². The summed E-state index contributed by atoms with van der Waals surface area (Å²) in [6.07, 6.45) is -3.08. The zero-order valence-corrected chi connectivity index (χ0v) is 21.9. The second-order valence-corrected chi connectivity index (χ2v) is 9.13. The van der Waals surface area contributed by atoms with Crippen molar-refractivity contribution in [2.75, 3.05) is 31.1 Å². The lowest BCUT2D eigenvalue weighted by atomic mass is 10.2. The van der Waals surface area contributed by atoms with Gasteiger partial charge in [0, 0.05) is 51.4 Å². The highest BCUT2D eigenvalue weighted by molar-refractivity contribution is 5.75. The maximum absolute atomic E-state index is 13.6. The molecule has 1 saturated heterocycles. The molecule has 3 aromatic rings. The summed E-state index contributed by atoms with van der Waals surface area (Å²) in [6.45, 7) is 7.25. The quantitative estimate of drug-likeness (QED) is 0.258. The van der Waals surface area contributed by atoms with Gasteiger partial charge >= 0.3 is 17.8 Å². The van der Waals surface area contributed by atoms with Crippen LogP contribution in [0, 0.1) is 10.1 Å². The van der Waals surface area contributed by atoms with Crippen molar-refractivity contribution in [1.82, 2.24) is 24.0 Å². The number of carboxylic acid groups (broad SMARTS) is 1. The Bertz CT molecular complexity index is 1560. The standard InChI is InChI=1S/C22H27N7O4.C2HF3O2/c1-15(2)8-11-27-18-19(24-21(27)26-12-9-23-10-13-26)25(3)22(31)28(20(18)30)14-16-6-4-5-7-17(16)29(32)33;3-2(4,5)1(6)7/h4-8,23H,9-14H2,1-3H3;(H,6,7). The molecule has 0 radical (unpaired) electrons. The predicted molar refractivity (Wildman–Crippen MR) is 140 cm³/mol. The van der Waals surface area contributed by atoms with Crippen molar-refractivity contribution in [3.63, 3.8) is 0 Å². The number of alkyl halides is 3. The summed E-state index contributed by atoms with van der Waals surface area (Å²) in [6, 6.07) is 6.13. The second kappa shape index (κ2) is 12.1. The third-order valence-electron chi connectivity index (χ3n) is 6.05. The van der Waals surface area contributed by atoms with E-state index in [4.69, 9.17) is 14.9 Å². The zero-order valence-electron chi connectivity index (χ0n) is 21.9. The number of aryl methyl sites for hydroxylation is 1. The highest BCUT2D eigenvalue weighted by Crippen LogP contribution is 2.22.